The molecule has 3 heterocycles. The third-order valence-corrected chi connectivity index (χ3v) is 5.58. The van der Waals surface area contributed by atoms with Gasteiger partial charge >= 0.3 is 11.8 Å². The van der Waals surface area contributed by atoms with Crippen LogP contribution in [-0.4, -0.2) is 64.7 Å². The minimum Gasteiger partial charge on any atom is -0.369 e. The quantitative estimate of drug-likeness (QED) is 0.588. The Bertz CT molecular complexity index is 1010. The van der Waals surface area contributed by atoms with Crippen LogP contribution in [0.2, 0.25) is 0 Å². The molecular formula is C23H28N6O2. The fourth-order valence-electron chi connectivity index (χ4n) is 3.87. The molecule has 1 fully saturated rings. The summed E-state index contributed by atoms with van der Waals surface area (Å²) in [5.41, 5.74) is 3.30. The molecular weight excluding hydrogens is 392 g/mol. The molecule has 0 spiro atoms. The number of piperazine rings is 1. The maximum absolute atomic E-state index is 12.3. The van der Waals surface area contributed by atoms with E-state index < -0.39 is 0 Å². The van der Waals surface area contributed by atoms with Gasteiger partial charge in [-0.1, -0.05) is 17.3 Å². The second kappa shape index (κ2) is 9.70. The smallest absolute Gasteiger partial charge is 0.316 e. The molecule has 1 aliphatic rings. The predicted octanol–water partition coefficient (Wildman–Crippen LogP) is 2.77. The number of nitrogens with zero attached hydrogens (tertiary/aromatic N) is 5. The van der Waals surface area contributed by atoms with Crippen LogP contribution in [0.5, 0.6) is 0 Å². The molecule has 0 saturated carbocycles. The van der Waals surface area contributed by atoms with Gasteiger partial charge in [0.15, 0.2) is 0 Å². The number of hydrogen-bond acceptors (Lipinski definition) is 7. The van der Waals surface area contributed by atoms with Crippen molar-refractivity contribution in [2.45, 2.75) is 26.3 Å². The third kappa shape index (κ3) is 5.27. The number of pyridine rings is 1. The second-order valence-electron chi connectivity index (χ2n) is 7.94. The predicted molar refractivity (Wildman–Crippen MR) is 119 cm³/mol. The van der Waals surface area contributed by atoms with E-state index >= 15 is 0 Å². The van der Waals surface area contributed by atoms with Gasteiger partial charge in [0, 0.05) is 62.4 Å². The molecule has 3 aromatic rings. The van der Waals surface area contributed by atoms with Gasteiger partial charge in [0.25, 0.3) is 0 Å². The fourth-order valence-corrected chi connectivity index (χ4v) is 3.87. The molecule has 0 aliphatic carbocycles. The number of carbonyl (C=O) groups excluding carboxylic acids is 1. The van der Waals surface area contributed by atoms with Gasteiger partial charge in [-0.05, 0) is 50.1 Å². The van der Waals surface area contributed by atoms with Crippen LogP contribution in [0.1, 0.15) is 29.6 Å². The average molecular weight is 421 g/mol. The SMILES string of the molecule is Cc1cccc(N2CCN(CCCNC(=O)c3nc(-c4cccnc4)no3)C(C)C2)c1. The lowest BCUT2D eigenvalue weighted by molar-refractivity contribution is 0.0906. The number of aromatic nitrogens is 3. The standard InChI is InChI=1S/C23H28N6O2/c1-17-6-3-8-20(14-17)29-13-12-28(18(2)16-29)11-5-10-25-22(30)23-26-21(27-31-23)19-7-4-9-24-15-19/h3-4,6-9,14-15,18H,5,10-13,16H2,1-2H3,(H,25,30). The van der Waals surface area contributed by atoms with Crippen molar-refractivity contribution >= 4 is 11.6 Å². The maximum atomic E-state index is 12.3. The number of nitrogens with one attached hydrogen (secondary N) is 1. The molecule has 31 heavy (non-hydrogen) atoms. The van der Waals surface area contributed by atoms with Crippen molar-refractivity contribution in [1.82, 2.24) is 25.3 Å². The molecule has 162 valence electrons. The normalized spacial score (nSPS) is 17.0. The summed E-state index contributed by atoms with van der Waals surface area (Å²) in [5.74, 6) is -0.0162. The van der Waals surface area contributed by atoms with Gasteiger partial charge in [-0.15, -0.1) is 0 Å². The highest BCUT2D eigenvalue weighted by Crippen LogP contribution is 2.20. The zero-order chi connectivity index (χ0) is 21.6. The number of carbonyl (C=O) groups is 1. The number of rotatable bonds is 7. The van der Waals surface area contributed by atoms with E-state index in [0.29, 0.717) is 24.0 Å². The number of benzene rings is 1. The van der Waals surface area contributed by atoms with E-state index in [2.05, 4.69) is 68.4 Å². The van der Waals surface area contributed by atoms with Crippen LogP contribution >= 0.6 is 0 Å². The Morgan fingerprint density at radius 2 is 2.16 bits per heavy atom. The summed E-state index contributed by atoms with van der Waals surface area (Å²) in [6, 6.07) is 12.7. The maximum Gasteiger partial charge on any atom is 0.316 e. The number of amides is 1. The molecule has 1 N–H and O–H groups in total. The summed E-state index contributed by atoms with van der Waals surface area (Å²) in [7, 11) is 0. The second-order valence-corrected chi connectivity index (χ2v) is 7.94. The van der Waals surface area contributed by atoms with E-state index in [1.807, 2.05) is 6.07 Å². The summed E-state index contributed by atoms with van der Waals surface area (Å²) in [6.07, 6.45) is 4.16. The topological polar surface area (TPSA) is 87.4 Å². The lowest BCUT2D eigenvalue weighted by Gasteiger charge is -2.41. The van der Waals surface area contributed by atoms with Crippen molar-refractivity contribution < 1.29 is 9.32 Å². The van der Waals surface area contributed by atoms with Crippen LogP contribution in [0, 0.1) is 6.92 Å². The highest BCUT2D eigenvalue weighted by atomic mass is 16.5. The van der Waals surface area contributed by atoms with Crippen LogP contribution in [0.4, 0.5) is 5.69 Å². The Morgan fingerprint density at radius 3 is 2.94 bits per heavy atom. The summed E-state index contributed by atoms with van der Waals surface area (Å²) in [4.78, 5) is 25.4. The first-order chi connectivity index (χ1) is 15.1. The Hall–Kier alpha value is -3.26. The minimum atomic E-state index is -0.347. The average Bonchev–Trinajstić information content (AvgIpc) is 3.28. The van der Waals surface area contributed by atoms with Gasteiger partial charge in [-0.3, -0.25) is 14.7 Å². The molecule has 8 nitrogen and oxygen atoms in total. The van der Waals surface area contributed by atoms with Gasteiger partial charge < -0.3 is 14.7 Å². The van der Waals surface area contributed by atoms with Crippen molar-refractivity contribution in [3.05, 3.63) is 60.2 Å². The molecule has 1 atom stereocenters. The lowest BCUT2D eigenvalue weighted by Crippen LogP contribution is -2.52. The van der Waals surface area contributed by atoms with Gasteiger partial charge in [0.1, 0.15) is 0 Å². The van der Waals surface area contributed by atoms with E-state index in [4.69, 9.17) is 4.52 Å². The van der Waals surface area contributed by atoms with Gasteiger partial charge in [0.05, 0.1) is 0 Å². The van der Waals surface area contributed by atoms with Crippen LogP contribution < -0.4 is 10.2 Å². The van der Waals surface area contributed by atoms with Gasteiger partial charge in [-0.2, -0.15) is 4.98 Å². The van der Waals surface area contributed by atoms with Crippen LogP contribution in [0.25, 0.3) is 11.4 Å². The first-order valence-corrected chi connectivity index (χ1v) is 10.7. The van der Waals surface area contributed by atoms with E-state index in [-0.39, 0.29) is 11.8 Å². The number of aryl methyl sites for hydroxylation is 1. The first-order valence-electron chi connectivity index (χ1n) is 10.7. The highest BCUT2D eigenvalue weighted by Gasteiger charge is 2.23. The monoisotopic (exact) mass is 420 g/mol. The van der Waals surface area contributed by atoms with Crippen LogP contribution in [0.15, 0.2) is 53.3 Å². The van der Waals surface area contributed by atoms with Crippen LogP contribution in [-0.2, 0) is 0 Å². The summed E-state index contributed by atoms with van der Waals surface area (Å²) in [6.45, 7) is 8.93. The molecule has 4 rings (SSSR count). The number of anilines is 1. The Balaban J connectivity index is 1.21. The summed E-state index contributed by atoms with van der Waals surface area (Å²) < 4.78 is 5.09. The zero-order valence-corrected chi connectivity index (χ0v) is 18.0. The Morgan fingerprint density at radius 1 is 1.26 bits per heavy atom. The molecule has 1 saturated heterocycles. The molecule has 1 aromatic carbocycles. The number of hydrogen-bond donors (Lipinski definition) is 1. The largest absolute Gasteiger partial charge is 0.369 e. The van der Waals surface area contributed by atoms with E-state index in [1.165, 1.54) is 11.3 Å². The molecule has 8 heteroatoms. The third-order valence-electron chi connectivity index (χ3n) is 5.58. The zero-order valence-electron chi connectivity index (χ0n) is 18.0. The van der Waals surface area contributed by atoms with E-state index in [9.17, 15) is 4.79 Å². The Labute approximate surface area is 182 Å². The molecule has 2 aromatic heterocycles. The molecule has 1 aliphatic heterocycles. The van der Waals surface area contributed by atoms with Gasteiger partial charge in [-0.25, -0.2) is 0 Å². The first kappa shape index (κ1) is 21.0. The van der Waals surface area contributed by atoms with Crippen molar-refractivity contribution in [2.75, 3.05) is 37.6 Å². The summed E-state index contributed by atoms with van der Waals surface area (Å²) >= 11 is 0. The lowest BCUT2D eigenvalue weighted by atomic mass is 10.1. The fraction of sp³-hybridized carbons (Fsp3) is 0.391. The summed E-state index contributed by atoms with van der Waals surface area (Å²) in [5, 5.41) is 6.73. The molecule has 0 bridgehead atoms. The van der Waals surface area contributed by atoms with Gasteiger partial charge in [0.2, 0.25) is 5.82 Å². The molecule has 1 unspecified atom stereocenters. The van der Waals surface area contributed by atoms with Crippen molar-refractivity contribution in [3.63, 3.8) is 0 Å². The highest BCUT2D eigenvalue weighted by molar-refractivity contribution is 5.89. The van der Waals surface area contributed by atoms with Crippen molar-refractivity contribution in [2.24, 2.45) is 0 Å². The van der Waals surface area contributed by atoms with Crippen molar-refractivity contribution in [1.29, 1.82) is 0 Å². The minimum absolute atomic E-state index is 0.0287. The molecule has 0 radical (unpaired) electrons. The van der Waals surface area contributed by atoms with E-state index in [0.717, 1.165) is 32.6 Å². The Kier molecular flexibility index (Phi) is 6.57. The van der Waals surface area contributed by atoms with Crippen molar-refractivity contribution in [3.8, 4) is 11.4 Å². The molecule has 1 amide bonds. The van der Waals surface area contributed by atoms with Crippen LogP contribution in [0.3, 0.4) is 0 Å². The van der Waals surface area contributed by atoms with E-state index in [1.54, 1.807) is 18.5 Å².